The van der Waals surface area contributed by atoms with Crippen LogP contribution in [0.2, 0.25) is 0 Å². The number of benzene rings is 2. The summed E-state index contributed by atoms with van der Waals surface area (Å²) >= 11 is 1.42. The minimum Gasteiger partial charge on any atom is -0.382 e. The summed E-state index contributed by atoms with van der Waals surface area (Å²) in [5, 5.41) is 4.49. The van der Waals surface area contributed by atoms with Crippen molar-refractivity contribution < 1.29 is 0 Å². The third-order valence-corrected chi connectivity index (χ3v) is 4.14. The van der Waals surface area contributed by atoms with Crippen molar-refractivity contribution >= 4 is 22.4 Å². The average Bonchev–Trinajstić information content (AvgIpc) is 2.90. The van der Waals surface area contributed by atoms with Gasteiger partial charge in [0.25, 0.3) is 0 Å². The molecule has 0 spiro atoms. The number of nitrogens with zero attached hydrogens (tertiary/aromatic N) is 1. The molecule has 0 saturated carbocycles. The van der Waals surface area contributed by atoms with Crippen molar-refractivity contribution in [1.82, 2.24) is 4.37 Å². The number of hydrogen-bond donors (Lipinski definition) is 2. The van der Waals surface area contributed by atoms with Crippen LogP contribution in [-0.4, -0.2) is 10.9 Å². The highest BCUT2D eigenvalue weighted by molar-refractivity contribution is 7.11. The van der Waals surface area contributed by atoms with Crippen LogP contribution < -0.4 is 11.1 Å². The molecule has 3 rings (SSSR count). The van der Waals surface area contributed by atoms with Gasteiger partial charge in [-0.15, -0.1) is 0 Å². The van der Waals surface area contributed by atoms with Gasteiger partial charge in [-0.1, -0.05) is 60.7 Å². The molecule has 0 saturated heterocycles. The molecule has 21 heavy (non-hydrogen) atoms. The van der Waals surface area contributed by atoms with Gasteiger partial charge >= 0.3 is 0 Å². The van der Waals surface area contributed by atoms with Gasteiger partial charge in [0, 0.05) is 6.54 Å². The Morgan fingerprint density at radius 3 is 2.33 bits per heavy atom. The van der Waals surface area contributed by atoms with Gasteiger partial charge in [-0.2, -0.15) is 4.37 Å². The molecule has 0 fully saturated rings. The molecule has 0 amide bonds. The second-order valence-corrected chi connectivity index (χ2v) is 5.57. The van der Waals surface area contributed by atoms with Crippen molar-refractivity contribution in [3.05, 3.63) is 66.2 Å². The fourth-order valence-corrected chi connectivity index (χ4v) is 3.03. The summed E-state index contributed by atoms with van der Waals surface area (Å²) in [5.41, 5.74) is 9.45. The van der Waals surface area contributed by atoms with Crippen molar-refractivity contribution in [2.24, 2.45) is 0 Å². The van der Waals surface area contributed by atoms with E-state index in [0.29, 0.717) is 5.82 Å². The van der Waals surface area contributed by atoms with Gasteiger partial charge in [-0.05, 0) is 29.1 Å². The number of hydrogen-bond acceptors (Lipinski definition) is 4. The SMILES string of the molecule is Nc1nsc(NCCc2ccccc2)c1-c1ccccc1. The Hall–Kier alpha value is -2.33. The van der Waals surface area contributed by atoms with E-state index in [1.54, 1.807) is 0 Å². The standard InChI is InChI=1S/C17H17N3S/c18-16-15(14-9-5-2-6-10-14)17(21-20-16)19-12-11-13-7-3-1-4-8-13/h1-10,19H,11-12H2,(H2,18,20). The van der Waals surface area contributed by atoms with E-state index in [0.717, 1.165) is 29.1 Å². The van der Waals surface area contributed by atoms with Gasteiger partial charge in [0.2, 0.25) is 0 Å². The van der Waals surface area contributed by atoms with Crippen molar-refractivity contribution in [2.75, 3.05) is 17.6 Å². The second-order valence-electron chi connectivity index (χ2n) is 4.80. The molecule has 0 unspecified atom stereocenters. The van der Waals surface area contributed by atoms with Crippen LogP contribution in [0.25, 0.3) is 11.1 Å². The first-order chi connectivity index (χ1) is 10.3. The Kier molecular flexibility index (Phi) is 4.17. The first-order valence-corrected chi connectivity index (χ1v) is 7.70. The summed E-state index contributed by atoms with van der Waals surface area (Å²) in [6, 6.07) is 20.6. The van der Waals surface area contributed by atoms with Gasteiger partial charge in [0.15, 0.2) is 0 Å². The molecule has 0 aliphatic rings. The highest BCUT2D eigenvalue weighted by Crippen LogP contribution is 2.36. The zero-order chi connectivity index (χ0) is 14.5. The van der Waals surface area contributed by atoms with E-state index in [1.807, 2.05) is 24.3 Å². The molecule has 3 N–H and O–H groups in total. The Labute approximate surface area is 128 Å². The molecular weight excluding hydrogens is 278 g/mol. The second kappa shape index (κ2) is 6.41. The molecule has 0 aliphatic heterocycles. The number of rotatable bonds is 5. The third-order valence-electron chi connectivity index (χ3n) is 3.32. The van der Waals surface area contributed by atoms with Crippen LogP contribution in [0.5, 0.6) is 0 Å². The van der Waals surface area contributed by atoms with E-state index in [9.17, 15) is 0 Å². The Balaban J connectivity index is 1.72. The van der Waals surface area contributed by atoms with E-state index in [1.165, 1.54) is 17.1 Å². The van der Waals surface area contributed by atoms with Gasteiger partial charge in [0.05, 0.1) is 5.56 Å². The maximum atomic E-state index is 6.02. The number of nitrogens with one attached hydrogen (secondary N) is 1. The smallest absolute Gasteiger partial charge is 0.147 e. The lowest BCUT2D eigenvalue weighted by Crippen LogP contribution is -2.04. The van der Waals surface area contributed by atoms with Crippen LogP contribution in [0.4, 0.5) is 10.8 Å². The van der Waals surface area contributed by atoms with Crippen molar-refractivity contribution in [3.8, 4) is 11.1 Å². The summed E-state index contributed by atoms with van der Waals surface area (Å²) in [6.45, 7) is 0.867. The molecule has 0 aliphatic carbocycles. The number of aromatic nitrogens is 1. The molecule has 2 aromatic carbocycles. The topological polar surface area (TPSA) is 50.9 Å². The van der Waals surface area contributed by atoms with Crippen LogP contribution in [-0.2, 0) is 6.42 Å². The number of anilines is 2. The quantitative estimate of drug-likeness (QED) is 0.746. The molecule has 0 radical (unpaired) electrons. The lowest BCUT2D eigenvalue weighted by Gasteiger charge is -2.07. The minimum atomic E-state index is 0.591. The molecule has 1 aromatic heterocycles. The van der Waals surface area contributed by atoms with Gasteiger partial charge in [0.1, 0.15) is 10.8 Å². The van der Waals surface area contributed by atoms with E-state index in [-0.39, 0.29) is 0 Å². The molecular formula is C17H17N3S. The van der Waals surface area contributed by atoms with Crippen LogP contribution in [0.3, 0.4) is 0 Å². The molecule has 106 valence electrons. The minimum absolute atomic E-state index is 0.591. The monoisotopic (exact) mass is 295 g/mol. The van der Waals surface area contributed by atoms with E-state index >= 15 is 0 Å². The number of nitrogen functional groups attached to an aromatic ring is 1. The Bertz CT molecular complexity index is 693. The van der Waals surface area contributed by atoms with Crippen LogP contribution in [0.1, 0.15) is 5.56 Å². The predicted octanol–water partition coefficient (Wildman–Crippen LogP) is 4.05. The highest BCUT2D eigenvalue weighted by atomic mass is 32.1. The zero-order valence-electron chi connectivity index (χ0n) is 11.6. The third kappa shape index (κ3) is 3.23. The lowest BCUT2D eigenvalue weighted by atomic mass is 10.1. The highest BCUT2D eigenvalue weighted by Gasteiger charge is 2.12. The van der Waals surface area contributed by atoms with Crippen LogP contribution >= 0.6 is 11.5 Å². The molecule has 0 bridgehead atoms. The largest absolute Gasteiger partial charge is 0.382 e. The van der Waals surface area contributed by atoms with Crippen LogP contribution in [0.15, 0.2) is 60.7 Å². The van der Waals surface area contributed by atoms with Gasteiger partial charge in [-0.3, -0.25) is 0 Å². The van der Waals surface area contributed by atoms with E-state index in [4.69, 9.17) is 5.73 Å². The Morgan fingerprint density at radius 1 is 0.952 bits per heavy atom. The predicted molar refractivity (Wildman–Crippen MR) is 90.6 cm³/mol. The lowest BCUT2D eigenvalue weighted by molar-refractivity contribution is 1.03. The van der Waals surface area contributed by atoms with Crippen molar-refractivity contribution in [2.45, 2.75) is 6.42 Å². The maximum Gasteiger partial charge on any atom is 0.147 e. The maximum absolute atomic E-state index is 6.02. The van der Waals surface area contributed by atoms with Gasteiger partial charge in [-0.25, -0.2) is 0 Å². The fourth-order valence-electron chi connectivity index (χ4n) is 2.27. The van der Waals surface area contributed by atoms with E-state index in [2.05, 4.69) is 46.1 Å². The average molecular weight is 295 g/mol. The Morgan fingerprint density at radius 2 is 1.62 bits per heavy atom. The zero-order valence-corrected chi connectivity index (χ0v) is 12.4. The van der Waals surface area contributed by atoms with Crippen molar-refractivity contribution in [3.63, 3.8) is 0 Å². The van der Waals surface area contributed by atoms with Crippen LogP contribution in [0, 0.1) is 0 Å². The van der Waals surface area contributed by atoms with E-state index < -0.39 is 0 Å². The summed E-state index contributed by atoms with van der Waals surface area (Å²) in [4.78, 5) is 0. The van der Waals surface area contributed by atoms with Crippen molar-refractivity contribution in [1.29, 1.82) is 0 Å². The summed E-state index contributed by atoms with van der Waals surface area (Å²) in [7, 11) is 0. The summed E-state index contributed by atoms with van der Waals surface area (Å²) < 4.78 is 4.28. The molecule has 3 nitrogen and oxygen atoms in total. The summed E-state index contributed by atoms with van der Waals surface area (Å²) in [6.07, 6.45) is 0.979. The summed E-state index contributed by atoms with van der Waals surface area (Å²) in [5.74, 6) is 0.591. The first-order valence-electron chi connectivity index (χ1n) is 6.93. The normalized spacial score (nSPS) is 10.5. The molecule has 0 atom stereocenters. The number of nitrogens with two attached hydrogens (primary N) is 1. The fraction of sp³-hybridized carbons (Fsp3) is 0.118. The van der Waals surface area contributed by atoms with Gasteiger partial charge < -0.3 is 11.1 Å². The molecule has 1 heterocycles. The molecule has 3 aromatic rings. The molecule has 4 heteroatoms. The first kappa shape index (κ1) is 13.6.